The normalized spacial score (nSPS) is 12.2. The maximum atomic E-state index is 12.1. The van der Waals surface area contributed by atoms with Crippen LogP contribution in [-0.2, 0) is 17.9 Å². The molecule has 0 aliphatic heterocycles. The Morgan fingerprint density at radius 3 is 2.48 bits per heavy atom. The zero-order chi connectivity index (χ0) is 17.1. The molecule has 9 nitrogen and oxygen atoms in total. The third-order valence-corrected chi connectivity index (χ3v) is 3.58. The number of amides is 1. The van der Waals surface area contributed by atoms with Crippen LogP contribution in [-0.4, -0.2) is 30.4 Å². The van der Waals surface area contributed by atoms with Crippen molar-refractivity contribution < 1.29 is 9.72 Å². The molecule has 0 spiro atoms. The van der Waals surface area contributed by atoms with Crippen molar-refractivity contribution in [2.45, 2.75) is 46.8 Å². The van der Waals surface area contributed by atoms with Gasteiger partial charge in [0.2, 0.25) is 5.91 Å². The van der Waals surface area contributed by atoms with Crippen molar-refractivity contribution in [1.29, 1.82) is 0 Å². The number of hydrogen-bond acceptors (Lipinski definition) is 5. The second kappa shape index (κ2) is 6.59. The molecule has 2 aromatic rings. The quantitative estimate of drug-likeness (QED) is 0.641. The Balaban J connectivity index is 2.02. The lowest BCUT2D eigenvalue weighted by atomic mass is 10.1. The van der Waals surface area contributed by atoms with Crippen molar-refractivity contribution in [3.05, 3.63) is 39.5 Å². The second-order valence-electron chi connectivity index (χ2n) is 5.37. The van der Waals surface area contributed by atoms with Gasteiger partial charge >= 0.3 is 5.69 Å². The van der Waals surface area contributed by atoms with Crippen LogP contribution < -0.4 is 5.32 Å². The molecule has 1 amide bonds. The van der Waals surface area contributed by atoms with Gasteiger partial charge in [-0.1, -0.05) is 0 Å². The first kappa shape index (κ1) is 16.7. The minimum absolute atomic E-state index is 0.0695. The molecule has 0 bridgehead atoms. The first-order chi connectivity index (χ1) is 10.8. The van der Waals surface area contributed by atoms with E-state index in [2.05, 4.69) is 15.5 Å². The molecule has 0 aliphatic carbocycles. The summed E-state index contributed by atoms with van der Waals surface area (Å²) in [6, 6.07) is -0.200. The predicted molar refractivity (Wildman–Crippen MR) is 82.8 cm³/mol. The first-order valence-corrected chi connectivity index (χ1v) is 7.33. The predicted octanol–water partition coefficient (Wildman–Crippen LogP) is 1.50. The number of nitrogens with one attached hydrogen (secondary N) is 1. The average molecular weight is 320 g/mol. The number of carbonyl (C=O) groups excluding carboxylic acids is 1. The Morgan fingerprint density at radius 2 is 1.96 bits per heavy atom. The fraction of sp³-hybridized carbons (Fsp3) is 0.500. The highest BCUT2D eigenvalue weighted by molar-refractivity contribution is 5.76. The molecule has 23 heavy (non-hydrogen) atoms. The first-order valence-electron chi connectivity index (χ1n) is 7.33. The summed E-state index contributed by atoms with van der Waals surface area (Å²) >= 11 is 0. The number of carbonyl (C=O) groups is 1. The van der Waals surface area contributed by atoms with E-state index >= 15 is 0 Å². The third-order valence-electron chi connectivity index (χ3n) is 3.58. The molecule has 9 heteroatoms. The van der Waals surface area contributed by atoms with Gasteiger partial charge in [-0.2, -0.15) is 10.2 Å². The number of aromatic nitrogens is 4. The van der Waals surface area contributed by atoms with Gasteiger partial charge in [0, 0.05) is 18.3 Å². The van der Waals surface area contributed by atoms with E-state index in [9.17, 15) is 14.9 Å². The maximum Gasteiger partial charge on any atom is 0.309 e. The minimum atomic E-state index is -0.512. The number of nitro groups is 1. The molecule has 0 saturated carbocycles. The maximum absolute atomic E-state index is 12.1. The van der Waals surface area contributed by atoms with Gasteiger partial charge in [0.25, 0.3) is 0 Å². The van der Waals surface area contributed by atoms with Crippen LogP contribution in [0.2, 0.25) is 0 Å². The molecule has 1 atom stereocenters. The molecule has 0 aliphatic rings. The van der Waals surface area contributed by atoms with Gasteiger partial charge in [0.05, 0.1) is 16.7 Å². The average Bonchev–Trinajstić information content (AvgIpc) is 3.01. The molecule has 124 valence electrons. The van der Waals surface area contributed by atoms with E-state index in [1.807, 2.05) is 31.6 Å². The van der Waals surface area contributed by atoms with Crippen LogP contribution in [0, 0.1) is 24.0 Å². The molecule has 0 fully saturated rings. The number of rotatable bonds is 6. The van der Waals surface area contributed by atoms with Gasteiger partial charge < -0.3 is 5.32 Å². The van der Waals surface area contributed by atoms with E-state index in [1.54, 1.807) is 0 Å². The molecule has 0 radical (unpaired) electrons. The number of hydrogen-bond donors (Lipinski definition) is 1. The van der Waals surface area contributed by atoms with Crippen LogP contribution in [0.3, 0.4) is 0 Å². The van der Waals surface area contributed by atoms with Crippen molar-refractivity contribution in [3.63, 3.8) is 0 Å². The Morgan fingerprint density at radius 1 is 1.30 bits per heavy atom. The monoisotopic (exact) mass is 320 g/mol. The molecule has 2 aromatic heterocycles. The van der Waals surface area contributed by atoms with Gasteiger partial charge in [0.15, 0.2) is 0 Å². The van der Waals surface area contributed by atoms with Gasteiger partial charge in [-0.15, -0.1) is 0 Å². The topological polar surface area (TPSA) is 108 Å². The summed E-state index contributed by atoms with van der Waals surface area (Å²) in [5.74, 6) is -0.265. The van der Waals surface area contributed by atoms with Crippen LogP contribution in [0.25, 0.3) is 0 Å². The summed E-state index contributed by atoms with van der Waals surface area (Å²) in [5, 5.41) is 22.0. The van der Waals surface area contributed by atoms with Crippen molar-refractivity contribution in [3.8, 4) is 0 Å². The standard InChI is InChI=1S/C14H20N6O3/c1-5-18-6-12(10(3)16-18)9(2)15-14(21)8-19-7-13(20(22)23)11(4)17-19/h6-7,9H,5,8H2,1-4H3,(H,15,21). The van der Waals surface area contributed by atoms with Crippen LogP contribution in [0.15, 0.2) is 12.4 Å². The Hall–Kier alpha value is -2.71. The minimum Gasteiger partial charge on any atom is -0.348 e. The zero-order valence-electron chi connectivity index (χ0n) is 13.6. The van der Waals surface area contributed by atoms with E-state index in [-0.39, 0.29) is 29.9 Å². The van der Waals surface area contributed by atoms with Gasteiger partial charge in [-0.25, -0.2) is 0 Å². The Kier molecular flexibility index (Phi) is 4.77. The fourth-order valence-corrected chi connectivity index (χ4v) is 2.40. The summed E-state index contributed by atoms with van der Waals surface area (Å²) in [7, 11) is 0. The summed E-state index contributed by atoms with van der Waals surface area (Å²) in [4.78, 5) is 22.4. The summed E-state index contributed by atoms with van der Waals surface area (Å²) in [6.07, 6.45) is 3.17. The highest BCUT2D eigenvalue weighted by Gasteiger charge is 2.18. The summed E-state index contributed by atoms with van der Waals surface area (Å²) < 4.78 is 3.09. The smallest absolute Gasteiger partial charge is 0.309 e. The van der Waals surface area contributed by atoms with E-state index in [4.69, 9.17) is 0 Å². The number of nitrogens with zero attached hydrogens (tertiary/aromatic N) is 5. The van der Waals surface area contributed by atoms with Crippen molar-refractivity contribution >= 4 is 11.6 Å². The SMILES string of the molecule is CCn1cc(C(C)NC(=O)Cn2cc([N+](=O)[O-])c(C)n2)c(C)n1. The van der Waals surface area contributed by atoms with E-state index < -0.39 is 4.92 Å². The van der Waals surface area contributed by atoms with E-state index in [1.165, 1.54) is 17.8 Å². The second-order valence-corrected chi connectivity index (χ2v) is 5.37. The Labute approximate surface area is 133 Å². The summed E-state index contributed by atoms with van der Waals surface area (Å²) in [5.41, 5.74) is 2.01. The molecule has 0 saturated heterocycles. The zero-order valence-corrected chi connectivity index (χ0v) is 13.6. The van der Waals surface area contributed by atoms with Gasteiger partial charge in [-0.3, -0.25) is 24.3 Å². The highest BCUT2D eigenvalue weighted by atomic mass is 16.6. The van der Waals surface area contributed by atoms with Crippen molar-refractivity contribution in [2.75, 3.05) is 0 Å². The number of aryl methyl sites for hydroxylation is 3. The van der Waals surface area contributed by atoms with E-state index in [0.717, 1.165) is 17.8 Å². The van der Waals surface area contributed by atoms with Crippen LogP contribution in [0.4, 0.5) is 5.69 Å². The highest BCUT2D eigenvalue weighted by Crippen LogP contribution is 2.17. The fourth-order valence-electron chi connectivity index (χ4n) is 2.40. The molecule has 0 aromatic carbocycles. The molecule has 2 rings (SSSR count). The van der Waals surface area contributed by atoms with Crippen LogP contribution in [0.1, 0.15) is 36.8 Å². The molecule has 2 heterocycles. The van der Waals surface area contributed by atoms with Gasteiger partial charge in [0.1, 0.15) is 18.4 Å². The third kappa shape index (κ3) is 3.74. The lowest BCUT2D eigenvalue weighted by Crippen LogP contribution is -2.30. The molecular formula is C14H20N6O3. The molecular weight excluding hydrogens is 300 g/mol. The lowest BCUT2D eigenvalue weighted by Gasteiger charge is -2.13. The van der Waals surface area contributed by atoms with Crippen LogP contribution in [0.5, 0.6) is 0 Å². The molecule has 1 N–H and O–H groups in total. The van der Waals surface area contributed by atoms with Crippen molar-refractivity contribution in [1.82, 2.24) is 24.9 Å². The van der Waals surface area contributed by atoms with E-state index in [0.29, 0.717) is 0 Å². The largest absolute Gasteiger partial charge is 0.348 e. The van der Waals surface area contributed by atoms with Crippen LogP contribution >= 0.6 is 0 Å². The molecule has 1 unspecified atom stereocenters. The van der Waals surface area contributed by atoms with Gasteiger partial charge in [-0.05, 0) is 27.7 Å². The Bertz CT molecular complexity index is 733. The summed E-state index contributed by atoms with van der Waals surface area (Å²) in [6.45, 7) is 7.99. The van der Waals surface area contributed by atoms with Crippen molar-refractivity contribution in [2.24, 2.45) is 0 Å². The lowest BCUT2D eigenvalue weighted by molar-refractivity contribution is -0.385.